The van der Waals surface area contributed by atoms with Gasteiger partial charge < -0.3 is 4.74 Å². The van der Waals surface area contributed by atoms with Gasteiger partial charge in [-0.05, 0) is 60.0 Å². The quantitative estimate of drug-likeness (QED) is 0.364. The molecule has 1 aromatic heterocycles. The summed E-state index contributed by atoms with van der Waals surface area (Å²) in [6.45, 7) is 4.24. The number of hydrogen-bond donors (Lipinski definition) is 2. The summed E-state index contributed by atoms with van der Waals surface area (Å²) in [6.07, 6.45) is 0. The maximum Gasteiger partial charge on any atom is 0.261 e. The molecule has 1 amide bonds. The van der Waals surface area contributed by atoms with E-state index in [1.165, 1.54) is 36.1 Å². The van der Waals surface area contributed by atoms with Crippen LogP contribution in [0.3, 0.4) is 0 Å². The molecular formula is C24H23N3O4S2. The first-order chi connectivity index (χ1) is 15.8. The number of methoxy groups -OCH3 is 1. The number of hydrogen-bond acceptors (Lipinski definition) is 6. The van der Waals surface area contributed by atoms with Gasteiger partial charge in [-0.15, -0.1) is 0 Å². The van der Waals surface area contributed by atoms with Crippen molar-refractivity contribution in [2.45, 2.75) is 24.7 Å². The van der Waals surface area contributed by atoms with Crippen LogP contribution >= 0.6 is 11.3 Å². The van der Waals surface area contributed by atoms with E-state index >= 15 is 0 Å². The Labute approximate surface area is 196 Å². The van der Waals surface area contributed by atoms with E-state index in [0.717, 1.165) is 10.2 Å². The third kappa shape index (κ3) is 4.99. The molecule has 7 nitrogen and oxygen atoms in total. The molecule has 2 N–H and O–H groups in total. The Morgan fingerprint density at radius 3 is 2.45 bits per heavy atom. The molecule has 1 heterocycles. The summed E-state index contributed by atoms with van der Waals surface area (Å²) in [4.78, 5) is 17.5. The van der Waals surface area contributed by atoms with Crippen molar-refractivity contribution in [2.75, 3.05) is 17.1 Å². The zero-order chi connectivity index (χ0) is 23.6. The van der Waals surface area contributed by atoms with Crippen LogP contribution in [0.4, 0.5) is 10.8 Å². The number of thiazole rings is 1. The number of aromatic nitrogens is 1. The Hall–Kier alpha value is -3.43. The topological polar surface area (TPSA) is 97.4 Å². The lowest BCUT2D eigenvalue weighted by molar-refractivity contribution is 0.102. The van der Waals surface area contributed by atoms with Gasteiger partial charge in [0.25, 0.3) is 15.9 Å². The average Bonchev–Trinajstić information content (AvgIpc) is 3.20. The molecule has 0 radical (unpaired) electrons. The number of carbonyl (C=O) groups excluding carboxylic acids is 1. The number of benzene rings is 3. The van der Waals surface area contributed by atoms with Crippen LogP contribution in [0.1, 0.15) is 35.7 Å². The number of para-hydroxylation sites is 1. The van der Waals surface area contributed by atoms with Gasteiger partial charge in [-0.3, -0.25) is 14.8 Å². The van der Waals surface area contributed by atoms with Crippen LogP contribution in [0.2, 0.25) is 0 Å². The van der Waals surface area contributed by atoms with E-state index < -0.39 is 15.9 Å². The summed E-state index contributed by atoms with van der Waals surface area (Å²) >= 11 is 1.38. The highest BCUT2D eigenvalue weighted by atomic mass is 32.2. The molecule has 0 aliphatic rings. The van der Waals surface area contributed by atoms with E-state index in [4.69, 9.17) is 4.74 Å². The normalized spacial score (nSPS) is 11.5. The summed E-state index contributed by atoms with van der Waals surface area (Å²) < 4.78 is 34.2. The fraction of sp³-hybridized carbons (Fsp3) is 0.167. The predicted octanol–water partition coefficient (Wildman–Crippen LogP) is 5.48. The Morgan fingerprint density at radius 1 is 1.03 bits per heavy atom. The predicted molar refractivity (Wildman–Crippen MR) is 132 cm³/mol. The van der Waals surface area contributed by atoms with Gasteiger partial charge in [0.15, 0.2) is 5.13 Å². The molecule has 0 unspecified atom stereocenters. The molecular weight excluding hydrogens is 458 g/mol. The maximum absolute atomic E-state index is 13.0. The van der Waals surface area contributed by atoms with Gasteiger partial charge in [0.1, 0.15) is 5.75 Å². The van der Waals surface area contributed by atoms with Crippen LogP contribution < -0.4 is 14.8 Å². The number of fused-ring (bicyclic) bond motifs is 1. The Bertz CT molecular complexity index is 1410. The molecule has 9 heteroatoms. The van der Waals surface area contributed by atoms with Crippen LogP contribution in [0.15, 0.2) is 71.6 Å². The second-order valence-electron chi connectivity index (χ2n) is 7.68. The van der Waals surface area contributed by atoms with Crippen LogP contribution in [-0.4, -0.2) is 26.4 Å². The molecule has 4 aromatic rings. The van der Waals surface area contributed by atoms with Gasteiger partial charge in [-0.25, -0.2) is 13.4 Å². The molecule has 0 aliphatic carbocycles. The van der Waals surface area contributed by atoms with E-state index in [9.17, 15) is 13.2 Å². The van der Waals surface area contributed by atoms with Gasteiger partial charge >= 0.3 is 0 Å². The number of carbonyl (C=O) groups is 1. The number of rotatable bonds is 7. The summed E-state index contributed by atoms with van der Waals surface area (Å²) in [6, 6.07) is 18.5. The smallest absolute Gasteiger partial charge is 0.261 e. The van der Waals surface area contributed by atoms with E-state index in [0.29, 0.717) is 16.8 Å². The van der Waals surface area contributed by atoms with Gasteiger partial charge in [0.2, 0.25) is 0 Å². The molecule has 0 spiro atoms. The average molecular weight is 482 g/mol. The molecule has 4 rings (SSSR count). The Kier molecular flexibility index (Phi) is 6.35. The largest absolute Gasteiger partial charge is 0.497 e. The number of amides is 1. The molecule has 3 aromatic carbocycles. The lowest BCUT2D eigenvalue weighted by Crippen LogP contribution is -2.18. The maximum atomic E-state index is 13.0. The van der Waals surface area contributed by atoms with Crippen LogP contribution in [0.25, 0.3) is 10.2 Å². The summed E-state index contributed by atoms with van der Waals surface area (Å²) in [5.41, 5.74) is 2.36. The van der Waals surface area contributed by atoms with Crippen molar-refractivity contribution in [1.82, 2.24) is 4.98 Å². The first kappa shape index (κ1) is 22.8. The minimum absolute atomic E-state index is 0.0608. The highest BCUT2D eigenvalue weighted by Gasteiger charge is 2.19. The lowest BCUT2D eigenvalue weighted by atomic mass is 10.0. The Morgan fingerprint density at radius 2 is 1.76 bits per heavy atom. The van der Waals surface area contributed by atoms with Crippen molar-refractivity contribution in [1.29, 1.82) is 0 Å². The number of sulfonamides is 1. The van der Waals surface area contributed by atoms with Crippen LogP contribution in [-0.2, 0) is 10.0 Å². The number of anilines is 2. The third-order valence-corrected chi connectivity index (χ3v) is 7.40. The molecule has 0 saturated carbocycles. The zero-order valence-electron chi connectivity index (χ0n) is 18.3. The number of nitrogens with one attached hydrogen (secondary N) is 2. The van der Waals surface area contributed by atoms with Crippen molar-refractivity contribution in [2.24, 2.45) is 0 Å². The second kappa shape index (κ2) is 9.21. The second-order valence-corrected chi connectivity index (χ2v) is 10.4. The van der Waals surface area contributed by atoms with Gasteiger partial charge in [0.05, 0.1) is 33.5 Å². The standard InChI is InChI=1S/C24H23N3O4S2/c1-15(2)16-8-13-21-22(14-16)32-24(25-21)26-23(28)19-6-4-5-7-20(19)27-33(29,30)18-11-9-17(31-3)10-12-18/h4-15,27H,1-3H3,(H,25,26,28). The molecule has 0 fully saturated rings. The van der Waals surface area contributed by atoms with E-state index in [1.54, 1.807) is 36.4 Å². The molecule has 33 heavy (non-hydrogen) atoms. The van der Waals surface area contributed by atoms with Crippen molar-refractivity contribution in [3.05, 3.63) is 77.9 Å². The van der Waals surface area contributed by atoms with E-state index in [1.807, 2.05) is 12.1 Å². The molecule has 170 valence electrons. The number of nitrogens with zero attached hydrogens (tertiary/aromatic N) is 1. The summed E-state index contributed by atoms with van der Waals surface area (Å²) in [5, 5.41) is 3.24. The van der Waals surface area contributed by atoms with Crippen molar-refractivity contribution in [3.8, 4) is 5.75 Å². The lowest BCUT2D eigenvalue weighted by Gasteiger charge is -2.12. The van der Waals surface area contributed by atoms with Gasteiger partial charge in [0, 0.05) is 0 Å². The van der Waals surface area contributed by atoms with Crippen molar-refractivity contribution < 1.29 is 17.9 Å². The first-order valence-electron chi connectivity index (χ1n) is 10.2. The van der Waals surface area contributed by atoms with Gasteiger partial charge in [-0.2, -0.15) is 0 Å². The van der Waals surface area contributed by atoms with E-state index in [2.05, 4.69) is 34.9 Å². The van der Waals surface area contributed by atoms with Crippen molar-refractivity contribution in [3.63, 3.8) is 0 Å². The molecule has 0 bridgehead atoms. The first-order valence-corrected chi connectivity index (χ1v) is 12.5. The minimum atomic E-state index is -3.90. The monoisotopic (exact) mass is 481 g/mol. The minimum Gasteiger partial charge on any atom is -0.497 e. The fourth-order valence-corrected chi connectivity index (χ4v) is 5.24. The Balaban J connectivity index is 1.57. The summed E-state index contributed by atoms with van der Waals surface area (Å²) in [5.74, 6) is 0.483. The van der Waals surface area contributed by atoms with Crippen LogP contribution in [0.5, 0.6) is 5.75 Å². The molecule has 0 atom stereocenters. The molecule has 0 aliphatic heterocycles. The SMILES string of the molecule is COc1ccc(S(=O)(=O)Nc2ccccc2C(=O)Nc2nc3ccc(C(C)C)cc3s2)cc1. The van der Waals surface area contributed by atoms with Gasteiger partial charge in [-0.1, -0.05) is 43.4 Å². The number of ether oxygens (including phenoxy) is 1. The molecule has 0 saturated heterocycles. The highest BCUT2D eigenvalue weighted by Crippen LogP contribution is 2.30. The van der Waals surface area contributed by atoms with Crippen molar-refractivity contribution >= 4 is 48.3 Å². The van der Waals surface area contributed by atoms with E-state index in [-0.39, 0.29) is 16.1 Å². The highest BCUT2D eigenvalue weighted by molar-refractivity contribution is 7.92. The van der Waals surface area contributed by atoms with Crippen LogP contribution in [0, 0.1) is 0 Å². The fourth-order valence-electron chi connectivity index (χ4n) is 3.25. The summed E-state index contributed by atoms with van der Waals surface area (Å²) in [7, 11) is -2.39. The third-order valence-electron chi connectivity index (χ3n) is 5.09. The zero-order valence-corrected chi connectivity index (χ0v) is 20.0.